The van der Waals surface area contributed by atoms with Crippen molar-refractivity contribution in [2.45, 2.75) is 32.2 Å². The third-order valence-corrected chi connectivity index (χ3v) is 6.33. The van der Waals surface area contributed by atoms with Crippen molar-refractivity contribution in [1.82, 2.24) is 24.6 Å². The largest absolute Gasteiger partial charge is 0.465 e. The molecule has 0 atom stereocenters. The van der Waals surface area contributed by atoms with Crippen molar-refractivity contribution < 1.29 is 18.7 Å². The van der Waals surface area contributed by atoms with Crippen LogP contribution in [0.15, 0.2) is 24.5 Å². The van der Waals surface area contributed by atoms with Crippen LogP contribution in [0.5, 0.6) is 0 Å². The lowest BCUT2D eigenvalue weighted by Gasteiger charge is -2.35. The van der Waals surface area contributed by atoms with Crippen LogP contribution >= 0.6 is 11.6 Å². The summed E-state index contributed by atoms with van der Waals surface area (Å²) in [6, 6.07) is 3.32. The zero-order valence-electron chi connectivity index (χ0n) is 17.8. The number of carboxylic acid groups (broad SMARTS) is 1. The summed E-state index contributed by atoms with van der Waals surface area (Å²) < 4.78 is 29.8. The predicted molar refractivity (Wildman–Crippen MR) is 118 cm³/mol. The molecular formula is C22H21ClF2N6O2. The number of benzene rings is 1. The standard InChI is InChI=1S/C22H21ClF2N6O2/c1-29-10-13(9-26-29)14-7-12-3-2-5-31(18(12)8-15(14)19(24)25)20-16-11-30(22(32)33)6-4-17(16)27-21(23)28-20/h7-10,19H,2-6,11H2,1H3,(H,32,33). The number of fused-ring (bicyclic) bond motifs is 2. The second-order valence-electron chi connectivity index (χ2n) is 8.22. The van der Waals surface area contributed by atoms with E-state index in [0.29, 0.717) is 53.4 Å². The van der Waals surface area contributed by atoms with E-state index in [1.54, 1.807) is 30.2 Å². The Kier molecular flexibility index (Phi) is 5.40. The molecule has 0 unspecified atom stereocenters. The van der Waals surface area contributed by atoms with Crippen molar-refractivity contribution in [2.75, 3.05) is 18.0 Å². The van der Waals surface area contributed by atoms with Gasteiger partial charge < -0.3 is 14.9 Å². The fourth-order valence-corrected chi connectivity index (χ4v) is 4.80. The van der Waals surface area contributed by atoms with Crippen LogP contribution in [0, 0.1) is 0 Å². The topological polar surface area (TPSA) is 87.4 Å². The molecule has 33 heavy (non-hydrogen) atoms. The zero-order valence-corrected chi connectivity index (χ0v) is 18.6. The lowest BCUT2D eigenvalue weighted by atomic mass is 9.92. The van der Waals surface area contributed by atoms with Gasteiger partial charge in [0.15, 0.2) is 0 Å². The number of rotatable bonds is 3. The van der Waals surface area contributed by atoms with Gasteiger partial charge in [-0.25, -0.2) is 18.6 Å². The van der Waals surface area contributed by atoms with Crippen LogP contribution < -0.4 is 4.90 Å². The Bertz CT molecular complexity index is 1250. The van der Waals surface area contributed by atoms with Gasteiger partial charge in [0.05, 0.1) is 18.4 Å². The van der Waals surface area contributed by atoms with Crippen molar-refractivity contribution in [3.63, 3.8) is 0 Å². The molecule has 1 amide bonds. The lowest BCUT2D eigenvalue weighted by Crippen LogP contribution is -2.37. The van der Waals surface area contributed by atoms with E-state index < -0.39 is 12.5 Å². The summed E-state index contributed by atoms with van der Waals surface area (Å²) in [6.45, 7) is 0.989. The Labute approximate surface area is 193 Å². The summed E-state index contributed by atoms with van der Waals surface area (Å²) in [5.74, 6) is 0.478. The zero-order chi connectivity index (χ0) is 23.3. The van der Waals surface area contributed by atoms with Gasteiger partial charge >= 0.3 is 6.09 Å². The second kappa shape index (κ2) is 8.26. The number of anilines is 2. The maximum atomic E-state index is 14.1. The third kappa shape index (κ3) is 3.88. The maximum Gasteiger partial charge on any atom is 0.407 e. The Morgan fingerprint density at radius 2 is 2.03 bits per heavy atom. The number of aromatic nitrogens is 4. The summed E-state index contributed by atoms with van der Waals surface area (Å²) in [6.07, 6.45) is 1.52. The first-order chi connectivity index (χ1) is 15.8. The molecule has 4 heterocycles. The number of hydrogen-bond donors (Lipinski definition) is 1. The van der Waals surface area contributed by atoms with Gasteiger partial charge in [0.2, 0.25) is 5.28 Å². The average molecular weight is 475 g/mol. The summed E-state index contributed by atoms with van der Waals surface area (Å²) in [5, 5.41) is 13.7. The molecule has 5 rings (SSSR count). The molecule has 0 fully saturated rings. The highest BCUT2D eigenvalue weighted by atomic mass is 35.5. The number of halogens is 3. The Hall–Kier alpha value is -3.27. The summed E-state index contributed by atoms with van der Waals surface area (Å²) in [5.41, 5.74) is 3.90. The first-order valence-electron chi connectivity index (χ1n) is 10.6. The fraction of sp³-hybridized carbons (Fsp3) is 0.364. The predicted octanol–water partition coefficient (Wildman–Crippen LogP) is 4.59. The normalized spacial score (nSPS) is 15.5. The SMILES string of the molecule is Cn1cc(-c2cc3c(cc2C(F)F)N(c2nc(Cl)nc4c2CN(C(=O)O)CC4)CCC3)cn1. The van der Waals surface area contributed by atoms with Crippen molar-refractivity contribution in [3.8, 4) is 11.1 Å². The summed E-state index contributed by atoms with van der Waals surface area (Å²) in [7, 11) is 1.74. The number of carbonyl (C=O) groups is 1. The van der Waals surface area contributed by atoms with E-state index in [1.807, 2.05) is 4.90 Å². The number of alkyl halides is 2. The smallest absolute Gasteiger partial charge is 0.407 e. The van der Waals surface area contributed by atoms with Crippen molar-refractivity contribution in [2.24, 2.45) is 7.05 Å². The van der Waals surface area contributed by atoms with E-state index in [0.717, 1.165) is 18.4 Å². The number of amides is 1. The third-order valence-electron chi connectivity index (χ3n) is 6.16. The van der Waals surface area contributed by atoms with Gasteiger partial charge in [-0.1, -0.05) is 0 Å². The van der Waals surface area contributed by atoms with Gasteiger partial charge in [0.25, 0.3) is 6.43 Å². The molecule has 0 saturated carbocycles. The molecule has 0 bridgehead atoms. The van der Waals surface area contributed by atoms with E-state index in [1.165, 1.54) is 11.0 Å². The molecule has 1 aromatic carbocycles. The first kappa shape index (κ1) is 21.6. The van der Waals surface area contributed by atoms with Crippen LogP contribution in [0.3, 0.4) is 0 Å². The molecule has 8 nitrogen and oxygen atoms in total. The minimum atomic E-state index is -2.68. The summed E-state index contributed by atoms with van der Waals surface area (Å²) in [4.78, 5) is 23.5. The molecule has 11 heteroatoms. The Morgan fingerprint density at radius 1 is 1.21 bits per heavy atom. The molecule has 0 spiro atoms. The van der Waals surface area contributed by atoms with Gasteiger partial charge in [-0.05, 0) is 47.7 Å². The van der Waals surface area contributed by atoms with Crippen LogP contribution in [0.2, 0.25) is 5.28 Å². The van der Waals surface area contributed by atoms with E-state index in [4.69, 9.17) is 11.6 Å². The van der Waals surface area contributed by atoms with Crippen LogP contribution in [-0.4, -0.2) is 48.9 Å². The molecule has 2 aliphatic heterocycles. The average Bonchev–Trinajstić information content (AvgIpc) is 3.22. The van der Waals surface area contributed by atoms with Gasteiger partial charge in [0, 0.05) is 55.1 Å². The molecule has 172 valence electrons. The molecule has 0 radical (unpaired) electrons. The minimum Gasteiger partial charge on any atom is -0.465 e. The van der Waals surface area contributed by atoms with E-state index >= 15 is 0 Å². The molecular weight excluding hydrogens is 454 g/mol. The van der Waals surface area contributed by atoms with Gasteiger partial charge in [-0.2, -0.15) is 10.1 Å². The quantitative estimate of drug-likeness (QED) is 0.559. The van der Waals surface area contributed by atoms with Gasteiger partial charge in [0.1, 0.15) is 5.82 Å². The number of aryl methyl sites for hydroxylation is 2. The van der Waals surface area contributed by atoms with Gasteiger partial charge in [-0.15, -0.1) is 0 Å². The minimum absolute atomic E-state index is 0.0562. The molecule has 1 N–H and O–H groups in total. The monoisotopic (exact) mass is 474 g/mol. The van der Waals surface area contributed by atoms with Crippen LogP contribution in [-0.2, 0) is 26.4 Å². The number of nitrogens with zero attached hydrogens (tertiary/aromatic N) is 6. The fourth-order valence-electron chi connectivity index (χ4n) is 4.61. The molecule has 2 aliphatic rings. The second-order valence-corrected chi connectivity index (χ2v) is 8.56. The van der Waals surface area contributed by atoms with E-state index in [2.05, 4.69) is 15.1 Å². The van der Waals surface area contributed by atoms with Crippen LogP contribution in [0.1, 0.15) is 35.2 Å². The maximum absolute atomic E-state index is 14.1. The van der Waals surface area contributed by atoms with Crippen molar-refractivity contribution in [3.05, 3.63) is 52.2 Å². The van der Waals surface area contributed by atoms with Gasteiger partial charge in [-0.3, -0.25) is 4.68 Å². The molecule has 3 aromatic rings. The van der Waals surface area contributed by atoms with Crippen molar-refractivity contribution >= 4 is 29.2 Å². The Balaban J connectivity index is 1.65. The van der Waals surface area contributed by atoms with E-state index in [9.17, 15) is 18.7 Å². The highest BCUT2D eigenvalue weighted by molar-refractivity contribution is 6.28. The van der Waals surface area contributed by atoms with Crippen molar-refractivity contribution in [1.29, 1.82) is 0 Å². The molecule has 0 aliphatic carbocycles. The first-order valence-corrected chi connectivity index (χ1v) is 10.9. The van der Waals surface area contributed by atoms with Crippen LogP contribution in [0.4, 0.5) is 25.1 Å². The van der Waals surface area contributed by atoms with E-state index in [-0.39, 0.29) is 17.4 Å². The van der Waals surface area contributed by atoms with Crippen LogP contribution in [0.25, 0.3) is 11.1 Å². The highest BCUT2D eigenvalue weighted by Crippen LogP contribution is 2.42. The Morgan fingerprint density at radius 3 is 2.73 bits per heavy atom. The number of hydrogen-bond acceptors (Lipinski definition) is 5. The summed E-state index contributed by atoms with van der Waals surface area (Å²) >= 11 is 6.21. The molecule has 0 saturated heterocycles. The lowest BCUT2D eigenvalue weighted by molar-refractivity contribution is 0.139. The highest BCUT2D eigenvalue weighted by Gasteiger charge is 2.31. The molecule has 2 aromatic heterocycles.